The predicted molar refractivity (Wildman–Crippen MR) is 136 cm³/mol. The average molecular weight is 506 g/mol. The minimum atomic E-state index is -0.678. The van der Waals surface area contributed by atoms with Crippen molar-refractivity contribution in [2.75, 3.05) is 24.2 Å². The fraction of sp³-hybridized carbons (Fsp3) is 0.0714. The van der Waals surface area contributed by atoms with E-state index in [2.05, 4.69) is 10.6 Å². The lowest BCUT2D eigenvalue weighted by atomic mass is 10.1. The summed E-state index contributed by atoms with van der Waals surface area (Å²) < 4.78 is 21.2. The first-order valence-electron chi connectivity index (χ1n) is 11.3. The fourth-order valence-electron chi connectivity index (χ4n) is 3.72. The average Bonchev–Trinajstić information content (AvgIpc) is 3.60. The summed E-state index contributed by atoms with van der Waals surface area (Å²) in [6, 6.07) is 20.3. The Morgan fingerprint density at radius 3 is 1.50 bits per heavy atom. The molecule has 2 aliphatic rings. The van der Waals surface area contributed by atoms with Crippen molar-refractivity contribution in [3.05, 3.63) is 82.9 Å². The van der Waals surface area contributed by atoms with E-state index in [1.165, 1.54) is 12.2 Å². The molecular weight excluding hydrogens is 488 g/mol. The number of fused-ring (bicyclic) bond motifs is 2. The molecule has 3 aromatic carbocycles. The molecule has 2 N–H and O–H groups in total. The van der Waals surface area contributed by atoms with E-state index in [0.717, 1.165) is 0 Å². The standard InChI is InChI=1S/C28H18N4O6/c29-13-19(9-17-5-7-23-25(11-17)37-15-35-23)27(33)31-21-3-1-2-4-22(21)32-28(34)20(14-30)10-18-6-8-24-26(12-18)38-16-36-24/h1-12H,15-16H2,(H,31,33)(H,32,34)/b19-9+,20-10+. The van der Waals surface area contributed by atoms with E-state index < -0.39 is 11.8 Å². The zero-order valence-electron chi connectivity index (χ0n) is 19.7. The molecule has 2 amide bonds. The van der Waals surface area contributed by atoms with Gasteiger partial charge >= 0.3 is 0 Å². The normalized spacial score (nSPS) is 13.3. The van der Waals surface area contributed by atoms with Crippen LogP contribution in [0.2, 0.25) is 0 Å². The summed E-state index contributed by atoms with van der Waals surface area (Å²) in [5, 5.41) is 24.4. The monoisotopic (exact) mass is 506 g/mol. The van der Waals surface area contributed by atoms with Crippen molar-refractivity contribution >= 4 is 35.3 Å². The van der Waals surface area contributed by atoms with Gasteiger partial charge in [0, 0.05) is 0 Å². The van der Waals surface area contributed by atoms with Gasteiger partial charge in [0.1, 0.15) is 23.3 Å². The number of benzene rings is 3. The zero-order valence-corrected chi connectivity index (χ0v) is 19.7. The van der Waals surface area contributed by atoms with E-state index in [-0.39, 0.29) is 36.1 Å². The van der Waals surface area contributed by atoms with E-state index in [1.807, 2.05) is 12.1 Å². The number of rotatable bonds is 6. The van der Waals surface area contributed by atoms with Gasteiger partial charge in [-0.3, -0.25) is 9.59 Å². The second-order valence-electron chi connectivity index (χ2n) is 8.02. The maximum absolute atomic E-state index is 12.9. The quantitative estimate of drug-likeness (QED) is 0.373. The molecule has 0 aliphatic carbocycles. The Labute approximate surface area is 216 Å². The molecule has 0 spiro atoms. The van der Waals surface area contributed by atoms with Crippen LogP contribution in [0.15, 0.2) is 71.8 Å². The van der Waals surface area contributed by atoms with Crippen LogP contribution < -0.4 is 29.6 Å². The Hall–Kier alpha value is -5.74. The predicted octanol–water partition coefficient (Wildman–Crippen LogP) is 4.24. The fourth-order valence-corrected chi connectivity index (χ4v) is 3.72. The lowest BCUT2D eigenvalue weighted by Gasteiger charge is -2.12. The van der Waals surface area contributed by atoms with Gasteiger partial charge < -0.3 is 29.6 Å². The molecular formula is C28H18N4O6. The number of hydrogen-bond acceptors (Lipinski definition) is 8. The number of anilines is 2. The largest absolute Gasteiger partial charge is 0.454 e. The van der Waals surface area contributed by atoms with Crippen LogP contribution in [-0.2, 0) is 9.59 Å². The molecule has 10 heteroatoms. The van der Waals surface area contributed by atoms with Gasteiger partial charge in [-0.25, -0.2) is 0 Å². The van der Waals surface area contributed by atoms with Crippen LogP contribution in [0.3, 0.4) is 0 Å². The first kappa shape index (κ1) is 24.0. The van der Waals surface area contributed by atoms with Crippen molar-refractivity contribution in [3.8, 4) is 35.1 Å². The number of nitrogens with one attached hydrogen (secondary N) is 2. The van der Waals surface area contributed by atoms with E-state index >= 15 is 0 Å². The summed E-state index contributed by atoms with van der Waals surface area (Å²) >= 11 is 0. The maximum atomic E-state index is 12.9. The second-order valence-corrected chi connectivity index (χ2v) is 8.02. The minimum absolute atomic E-state index is 0.107. The molecule has 10 nitrogen and oxygen atoms in total. The molecule has 0 unspecified atom stereocenters. The van der Waals surface area contributed by atoms with Crippen LogP contribution in [-0.4, -0.2) is 25.4 Å². The summed E-state index contributed by atoms with van der Waals surface area (Å²) in [6.07, 6.45) is 2.83. The van der Waals surface area contributed by atoms with Crippen molar-refractivity contribution in [2.45, 2.75) is 0 Å². The molecule has 0 fully saturated rings. The lowest BCUT2D eigenvalue weighted by Crippen LogP contribution is -2.18. The highest BCUT2D eigenvalue weighted by atomic mass is 16.7. The van der Waals surface area contributed by atoms with E-state index in [0.29, 0.717) is 34.1 Å². The highest BCUT2D eigenvalue weighted by molar-refractivity contribution is 6.14. The molecule has 186 valence electrons. The third-order valence-corrected chi connectivity index (χ3v) is 5.57. The van der Waals surface area contributed by atoms with Gasteiger partial charge in [0.25, 0.3) is 11.8 Å². The topological polar surface area (TPSA) is 143 Å². The first-order valence-corrected chi connectivity index (χ1v) is 11.3. The van der Waals surface area contributed by atoms with Crippen LogP contribution in [0.4, 0.5) is 11.4 Å². The first-order chi connectivity index (χ1) is 18.5. The summed E-state index contributed by atoms with van der Waals surface area (Å²) in [4.78, 5) is 25.8. The number of nitrogens with zero attached hydrogens (tertiary/aromatic N) is 2. The Morgan fingerprint density at radius 2 is 1.08 bits per heavy atom. The molecule has 0 radical (unpaired) electrons. The van der Waals surface area contributed by atoms with Gasteiger partial charge in [0.15, 0.2) is 23.0 Å². The van der Waals surface area contributed by atoms with Crippen molar-refractivity contribution in [1.29, 1.82) is 10.5 Å². The van der Waals surface area contributed by atoms with Crippen LogP contribution in [0.25, 0.3) is 12.2 Å². The SMILES string of the molecule is N#C/C(=C\c1ccc2c(c1)OCO2)C(=O)Nc1ccccc1NC(=O)/C(C#N)=C/c1ccc2c(c1)OCO2. The number of amides is 2. The Morgan fingerprint density at radius 1 is 0.658 bits per heavy atom. The molecule has 2 heterocycles. The van der Waals surface area contributed by atoms with Crippen LogP contribution in [0.5, 0.6) is 23.0 Å². The Bertz CT molecular complexity index is 1480. The van der Waals surface area contributed by atoms with Crippen LogP contribution >= 0.6 is 0 Å². The number of nitriles is 2. The Balaban J connectivity index is 1.32. The van der Waals surface area contributed by atoms with E-state index in [9.17, 15) is 20.1 Å². The van der Waals surface area contributed by atoms with Crippen LogP contribution in [0, 0.1) is 22.7 Å². The van der Waals surface area contributed by atoms with Crippen molar-refractivity contribution in [3.63, 3.8) is 0 Å². The molecule has 0 atom stereocenters. The van der Waals surface area contributed by atoms with Crippen molar-refractivity contribution in [2.24, 2.45) is 0 Å². The third-order valence-electron chi connectivity index (χ3n) is 5.57. The van der Waals surface area contributed by atoms with Gasteiger partial charge in [-0.15, -0.1) is 0 Å². The molecule has 0 aromatic heterocycles. The van der Waals surface area contributed by atoms with Crippen molar-refractivity contribution in [1.82, 2.24) is 0 Å². The number of para-hydroxylation sites is 2. The number of ether oxygens (including phenoxy) is 4. The van der Waals surface area contributed by atoms with E-state index in [4.69, 9.17) is 18.9 Å². The van der Waals surface area contributed by atoms with Gasteiger partial charge in [-0.2, -0.15) is 10.5 Å². The highest BCUT2D eigenvalue weighted by Crippen LogP contribution is 2.34. The molecule has 2 aliphatic heterocycles. The van der Waals surface area contributed by atoms with E-state index in [1.54, 1.807) is 60.7 Å². The molecule has 0 saturated carbocycles. The summed E-state index contributed by atoms with van der Waals surface area (Å²) in [7, 11) is 0. The van der Waals surface area contributed by atoms with Crippen molar-refractivity contribution < 1.29 is 28.5 Å². The second kappa shape index (κ2) is 10.5. The zero-order chi connectivity index (χ0) is 26.5. The Kier molecular flexibility index (Phi) is 6.61. The molecule has 5 rings (SSSR count). The summed E-state index contributed by atoms with van der Waals surface area (Å²) in [5.74, 6) is 0.850. The maximum Gasteiger partial charge on any atom is 0.266 e. The van der Waals surface area contributed by atoms with Gasteiger partial charge in [0.2, 0.25) is 13.6 Å². The number of carbonyl (C=O) groups is 2. The molecule has 0 saturated heterocycles. The number of carbonyl (C=O) groups excluding carboxylic acids is 2. The summed E-state index contributed by atoms with van der Waals surface area (Å²) in [6.45, 7) is 0.214. The lowest BCUT2D eigenvalue weighted by molar-refractivity contribution is -0.113. The summed E-state index contributed by atoms with van der Waals surface area (Å²) in [5.41, 5.74) is 1.33. The minimum Gasteiger partial charge on any atom is -0.454 e. The molecule has 3 aromatic rings. The van der Waals surface area contributed by atoms with Gasteiger partial charge in [0.05, 0.1) is 11.4 Å². The molecule has 0 bridgehead atoms. The third kappa shape index (κ3) is 5.10. The van der Waals surface area contributed by atoms with Gasteiger partial charge in [-0.1, -0.05) is 24.3 Å². The highest BCUT2D eigenvalue weighted by Gasteiger charge is 2.18. The van der Waals surface area contributed by atoms with Crippen LogP contribution in [0.1, 0.15) is 11.1 Å². The molecule has 38 heavy (non-hydrogen) atoms. The number of hydrogen-bond donors (Lipinski definition) is 2. The smallest absolute Gasteiger partial charge is 0.266 e. The van der Waals surface area contributed by atoms with Gasteiger partial charge in [-0.05, 0) is 59.7 Å².